The third-order valence-corrected chi connectivity index (χ3v) is 5.82. The molecule has 0 aliphatic carbocycles. The second-order valence-corrected chi connectivity index (χ2v) is 7.18. The molecule has 0 radical (unpaired) electrons. The Morgan fingerprint density at radius 1 is 1.45 bits per heavy atom. The van der Waals surface area contributed by atoms with Gasteiger partial charge in [0, 0.05) is 16.5 Å². The zero-order chi connectivity index (χ0) is 14.4. The molecule has 20 heavy (non-hydrogen) atoms. The molecule has 3 aromatic heterocycles. The molecule has 3 aromatic rings. The molecule has 1 unspecified atom stereocenters. The van der Waals surface area contributed by atoms with Crippen molar-refractivity contribution in [3.8, 4) is 0 Å². The number of aromatic nitrogens is 3. The summed E-state index contributed by atoms with van der Waals surface area (Å²) in [5.74, 6) is 0. The van der Waals surface area contributed by atoms with E-state index in [4.69, 9.17) is 12.2 Å². The minimum Gasteiger partial charge on any atom is -0.323 e. The van der Waals surface area contributed by atoms with Crippen molar-refractivity contribution < 1.29 is 0 Å². The summed E-state index contributed by atoms with van der Waals surface area (Å²) >= 11 is 8.47. The van der Waals surface area contributed by atoms with Crippen LogP contribution in [0.25, 0.3) is 10.2 Å². The monoisotopic (exact) mass is 323 g/mol. The van der Waals surface area contributed by atoms with E-state index in [0.29, 0.717) is 4.77 Å². The molecule has 0 fully saturated rings. The van der Waals surface area contributed by atoms with Gasteiger partial charge in [0.1, 0.15) is 9.84 Å². The Balaban J connectivity index is 2.34. The lowest BCUT2D eigenvalue weighted by Gasteiger charge is -2.12. The summed E-state index contributed by atoms with van der Waals surface area (Å²) < 4.78 is 2.07. The first-order valence-corrected chi connectivity index (χ1v) is 8.25. The lowest BCUT2D eigenvalue weighted by atomic mass is 10.2. The van der Waals surface area contributed by atoms with E-state index in [9.17, 15) is 4.79 Å². The summed E-state index contributed by atoms with van der Waals surface area (Å²) in [6.45, 7) is 5.94. The van der Waals surface area contributed by atoms with Crippen molar-refractivity contribution >= 4 is 45.1 Å². The minimum atomic E-state index is -0.157. The van der Waals surface area contributed by atoms with E-state index >= 15 is 0 Å². The number of rotatable bonds is 2. The molecule has 0 aliphatic heterocycles. The van der Waals surface area contributed by atoms with Gasteiger partial charge in [-0.05, 0) is 38.6 Å². The Labute approximate surface area is 128 Å². The van der Waals surface area contributed by atoms with Gasteiger partial charge in [0.25, 0.3) is 5.56 Å². The van der Waals surface area contributed by atoms with Gasteiger partial charge in [0.05, 0.1) is 11.4 Å². The summed E-state index contributed by atoms with van der Waals surface area (Å²) in [4.78, 5) is 22.2. The topological polar surface area (TPSA) is 50.7 Å². The van der Waals surface area contributed by atoms with Gasteiger partial charge < -0.3 is 4.98 Å². The zero-order valence-corrected chi connectivity index (χ0v) is 13.7. The maximum absolute atomic E-state index is 12.8. The van der Waals surface area contributed by atoms with Crippen LogP contribution in [0, 0.1) is 18.6 Å². The lowest BCUT2D eigenvalue weighted by molar-refractivity contribution is 0.596. The van der Waals surface area contributed by atoms with Crippen LogP contribution in [-0.2, 0) is 0 Å². The van der Waals surface area contributed by atoms with Crippen molar-refractivity contribution in [2.75, 3.05) is 0 Å². The van der Waals surface area contributed by atoms with E-state index in [1.54, 1.807) is 22.1 Å². The van der Waals surface area contributed by atoms with Crippen molar-refractivity contribution in [2.24, 2.45) is 0 Å². The molecule has 7 heteroatoms. The number of aromatic amines is 1. The molecular formula is C13H13N3OS3. The van der Waals surface area contributed by atoms with Crippen molar-refractivity contribution in [2.45, 2.75) is 26.8 Å². The molecule has 1 atom stereocenters. The molecule has 0 aliphatic rings. The number of aryl methyl sites for hydroxylation is 2. The minimum absolute atomic E-state index is 0.0340. The molecule has 3 rings (SSSR count). The zero-order valence-electron chi connectivity index (χ0n) is 11.3. The van der Waals surface area contributed by atoms with E-state index in [0.717, 1.165) is 25.7 Å². The number of hydrogen-bond donors (Lipinski definition) is 1. The predicted octanol–water partition coefficient (Wildman–Crippen LogP) is 3.80. The second-order valence-electron chi connectivity index (χ2n) is 4.64. The first kappa shape index (κ1) is 13.7. The van der Waals surface area contributed by atoms with Crippen LogP contribution in [0.1, 0.15) is 28.4 Å². The van der Waals surface area contributed by atoms with Crippen LogP contribution >= 0.6 is 34.9 Å². The molecule has 0 saturated heterocycles. The third kappa shape index (κ3) is 1.97. The van der Waals surface area contributed by atoms with E-state index in [-0.39, 0.29) is 11.6 Å². The Morgan fingerprint density at radius 3 is 2.85 bits per heavy atom. The number of thiophene rings is 1. The van der Waals surface area contributed by atoms with Gasteiger partial charge in [-0.15, -0.1) is 22.7 Å². The highest BCUT2D eigenvalue weighted by Gasteiger charge is 2.18. The molecule has 0 saturated carbocycles. The Bertz CT molecular complexity index is 886. The van der Waals surface area contributed by atoms with Crippen LogP contribution in [0.4, 0.5) is 0 Å². The Morgan fingerprint density at radius 2 is 2.20 bits per heavy atom. The Hall–Kier alpha value is -1.31. The summed E-state index contributed by atoms with van der Waals surface area (Å²) in [5, 5.41) is 3.53. The van der Waals surface area contributed by atoms with Crippen LogP contribution in [0.5, 0.6) is 0 Å². The molecule has 4 nitrogen and oxygen atoms in total. The summed E-state index contributed by atoms with van der Waals surface area (Å²) in [6.07, 6.45) is 1.74. The highest BCUT2D eigenvalue weighted by Crippen LogP contribution is 2.27. The highest BCUT2D eigenvalue weighted by atomic mass is 32.1. The molecule has 104 valence electrons. The van der Waals surface area contributed by atoms with Crippen molar-refractivity contribution in [3.63, 3.8) is 0 Å². The maximum Gasteiger partial charge on any atom is 0.263 e. The largest absolute Gasteiger partial charge is 0.323 e. The first-order chi connectivity index (χ1) is 9.50. The number of thiazole rings is 1. The number of nitrogens with one attached hydrogen (secondary N) is 1. The molecule has 3 heterocycles. The molecule has 0 amide bonds. The third-order valence-electron chi connectivity index (χ3n) is 3.45. The molecule has 0 spiro atoms. The van der Waals surface area contributed by atoms with Gasteiger partial charge in [0.15, 0.2) is 4.77 Å². The van der Waals surface area contributed by atoms with Gasteiger partial charge >= 0.3 is 0 Å². The quantitative estimate of drug-likeness (QED) is 0.730. The highest BCUT2D eigenvalue weighted by molar-refractivity contribution is 7.71. The average Bonchev–Trinajstić information content (AvgIpc) is 2.99. The van der Waals surface area contributed by atoms with Gasteiger partial charge in [-0.1, -0.05) is 0 Å². The molecule has 1 N–H and O–H groups in total. The van der Waals surface area contributed by atoms with Gasteiger partial charge in [-0.3, -0.25) is 9.36 Å². The van der Waals surface area contributed by atoms with Crippen molar-refractivity contribution in [3.05, 3.63) is 42.1 Å². The fourth-order valence-corrected chi connectivity index (χ4v) is 4.39. The smallest absolute Gasteiger partial charge is 0.263 e. The van der Waals surface area contributed by atoms with E-state index in [1.807, 2.05) is 26.2 Å². The van der Waals surface area contributed by atoms with Crippen molar-refractivity contribution in [1.82, 2.24) is 14.5 Å². The first-order valence-electron chi connectivity index (χ1n) is 6.14. The van der Waals surface area contributed by atoms with Crippen LogP contribution in [0.3, 0.4) is 0 Å². The molecule has 0 aromatic carbocycles. The number of H-pyrrole nitrogens is 1. The molecule has 0 bridgehead atoms. The number of fused-ring (bicyclic) bond motifs is 1. The Kier molecular flexibility index (Phi) is 3.35. The standard InChI is InChI=1S/C13H13N3OS3/c1-6-8(3)20-11-9(6)12(17)16(13(18)15-11)7(2)10-14-4-5-19-10/h4-5,7H,1-3H3,(H,15,18). The van der Waals surface area contributed by atoms with Gasteiger partial charge in [-0.25, -0.2) is 4.98 Å². The van der Waals surface area contributed by atoms with Crippen LogP contribution < -0.4 is 5.56 Å². The predicted molar refractivity (Wildman–Crippen MR) is 86.7 cm³/mol. The summed E-state index contributed by atoms with van der Waals surface area (Å²) in [5.41, 5.74) is 0.995. The fourth-order valence-electron chi connectivity index (χ4n) is 2.25. The summed E-state index contributed by atoms with van der Waals surface area (Å²) in [7, 11) is 0. The SMILES string of the molecule is Cc1sc2[nH]c(=S)n(C(C)c3nccs3)c(=O)c2c1C. The van der Waals surface area contributed by atoms with Gasteiger partial charge in [0.2, 0.25) is 0 Å². The maximum atomic E-state index is 12.8. The van der Waals surface area contributed by atoms with E-state index < -0.39 is 0 Å². The van der Waals surface area contributed by atoms with Crippen LogP contribution in [0.2, 0.25) is 0 Å². The van der Waals surface area contributed by atoms with E-state index in [1.165, 1.54) is 11.3 Å². The normalized spacial score (nSPS) is 12.9. The molecular weight excluding hydrogens is 310 g/mol. The van der Waals surface area contributed by atoms with Crippen LogP contribution in [0.15, 0.2) is 16.4 Å². The van der Waals surface area contributed by atoms with Crippen LogP contribution in [-0.4, -0.2) is 14.5 Å². The number of nitrogens with zero attached hydrogens (tertiary/aromatic N) is 2. The average molecular weight is 323 g/mol. The van der Waals surface area contributed by atoms with Gasteiger partial charge in [-0.2, -0.15) is 0 Å². The summed E-state index contributed by atoms with van der Waals surface area (Å²) in [6, 6.07) is -0.157. The lowest BCUT2D eigenvalue weighted by Crippen LogP contribution is -2.25. The fraction of sp³-hybridized carbons (Fsp3) is 0.308. The number of hydrogen-bond acceptors (Lipinski definition) is 5. The van der Waals surface area contributed by atoms with E-state index in [2.05, 4.69) is 9.97 Å². The second kappa shape index (κ2) is 4.91. The van der Waals surface area contributed by atoms with Crippen molar-refractivity contribution in [1.29, 1.82) is 0 Å².